The maximum absolute atomic E-state index is 11.0. The van der Waals surface area contributed by atoms with Crippen LogP contribution in [0.1, 0.15) is 40.5 Å². The fourth-order valence-electron chi connectivity index (χ4n) is 1.08. The molecular weight excluding hydrogens is 192 g/mol. The second-order valence-corrected chi connectivity index (χ2v) is 3.70. The zero-order valence-corrected chi connectivity index (χ0v) is 9.95. The van der Waals surface area contributed by atoms with Crippen molar-refractivity contribution in [3.8, 4) is 0 Å². The topological polar surface area (TPSA) is 43.4 Å². The Hall–Kier alpha value is -1.12. The van der Waals surface area contributed by atoms with Gasteiger partial charge in [-0.25, -0.2) is 0 Å². The van der Waals surface area contributed by atoms with E-state index in [0.29, 0.717) is 12.8 Å². The molecule has 0 aliphatic carbocycles. The highest BCUT2D eigenvalue weighted by Gasteiger charge is 2.11. The molecule has 0 spiro atoms. The average molecular weight is 212 g/mol. The van der Waals surface area contributed by atoms with Crippen LogP contribution in [-0.2, 0) is 14.3 Å². The fraction of sp³-hybridized carbons (Fsp3) is 0.667. The van der Waals surface area contributed by atoms with Crippen LogP contribution in [0.3, 0.4) is 0 Å². The van der Waals surface area contributed by atoms with Crippen molar-refractivity contribution < 1.29 is 14.3 Å². The number of carbonyl (C=O) groups is 2. The molecular formula is C12H20O3. The summed E-state index contributed by atoms with van der Waals surface area (Å²) in [5.74, 6) is 0.0875. The third-order valence-electron chi connectivity index (χ3n) is 2.27. The molecule has 0 aliphatic heterocycles. The summed E-state index contributed by atoms with van der Waals surface area (Å²) in [4.78, 5) is 21.7. The standard InChI is InChI=1S/C12H20O3/c1-5-12(14)8-6-7-9(2)10(3)15-11(4)13/h6-7,9-10H,5,8H2,1-4H3/b7-6+. The molecule has 0 amide bonds. The summed E-state index contributed by atoms with van der Waals surface area (Å²) in [5, 5.41) is 0. The summed E-state index contributed by atoms with van der Waals surface area (Å²) in [6, 6.07) is 0. The quantitative estimate of drug-likeness (QED) is 0.502. The molecule has 0 saturated carbocycles. The van der Waals surface area contributed by atoms with Crippen LogP contribution >= 0.6 is 0 Å². The first-order chi connectivity index (χ1) is 6.97. The van der Waals surface area contributed by atoms with Crippen molar-refractivity contribution in [2.24, 2.45) is 5.92 Å². The molecule has 0 aliphatic rings. The number of carbonyl (C=O) groups excluding carboxylic acids is 2. The lowest BCUT2D eigenvalue weighted by molar-refractivity contribution is -0.146. The summed E-state index contributed by atoms with van der Waals surface area (Å²) in [6.07, 6.45) is 4.65. The van der Waals surface area contributed by atoms with Gasteiger partial charge in [0.25, 0.3) is 0 Å². The lowest BCUT2D eigenvalue weighted by Crippen LogP contribution is -2.19. The van der Waals surface area contributed by atoms with Gasteiger partial charge in [0, 0.05) is 25.7 Å². The molecule has 0 radical (unpaired) electrons. The van der Waals surface area contributed by atoms with Crippen LogP contribution in [0, 0.1) is 5.92 Å². The number of allylic oxidation sites excluding steroid dienone is 1. The summed E-state index contributed by atoms with van der Waals surface area (Å²) < 4.78 is 5.02. The van der Waals surface area contributed by atoms with Crippen molar-refractivity contribution in [1.29, 1.82) is 0 Å². The Bertz CT molecular complexity index is 243. The highest BCUT2D eigenvalue weighted by atomic mass is 16.5. The molecule has 0 saturated heterocycles. The third kappa shape index (κ3) is 6.89. The summed E-state index contributed by atoms with van der Waals surface area (Å²) in [6.45, 7) is 7.05. The van der Waals surface area contributed by atoms with Crippen LogP contribution in [0.25, 0.3) is 0 Å². The van der Waals surface area contributed by atoms with Crippen LogP contribution in [0.4, 0.5) is 0 Å². The maximum atomic E-state index is 11.0. The second kappa shape index (κ2) is 7.21. The van der Waals surface area contributed by atoms with Gasteiger partial charge in [0.05, 0.1) is 0 Å². The van der Waals surface area contributed by atoms with Gasteiger partial charge in [-0.2, -0.15) is 0 Å². The van der Waals surface area contributed by atoms with Gasteiger partial charge in [-0.3, -0.25) is 9.59 Å². The monoisotopic (exact) mass is 212 g/mol. The number of hydrogen-bond donors (Lipinski definition) is 0. The SMILES string of the molecule is CCC(=O)C/C=C/C(C)C(C)OC(C)=O. The zero-order chi connectivity index (χ0) is 11.8. The van der Waals surface area contributed by atoms with Gasteiger partial charge >= 0.3 is 5.97 Å². The van der Waals surface area contributed by atoms with Crippen molar-refractivity contribution in [2.75, 3.05) is 0 Å². The van der Waals surface area contributed by atoms with Crippen LogP contribution in [0.2, 0.25) is 0 Å². The van der Waals surface area contributed by atoms with E-state index in [0.717, 1.165) is 0 Å². The lowest BCUT2D eigenvalue weighted by Gasteiger charge is -2.16. The summed E-state index contributed by atoms with van der Waals surface area (Å²) in [7, 11) is 0. The molecule has 3 heteroatoms. The Morgan fingerprint density at radius 2 is 1.93 bits per heavy atom. The van der Waals surface area contributed by atoms with E-state index in [1.807, 2.05) is 32.9 Å². The summed E-state index contributed by atoms with van der Waals surface area (Å²) in [5.41, 5.74) is 0. The Morgan fingerprint density at radius 3 is 2.40 bits per heavy atom. The minimum absolute atomic E-state index is 0.138. The van der Waals surface area contributed by atoms with Crippen molar-refractivity contribution in [3.63, 3.8) is 0 Å². The predicted molar refractivity (Wildman–Crippen MR) is 59.4 cm³/mol. The van der Waals surface area contributed by atoms with Gasteiger partial charge in [-0.1, -0.05) is 26.0 Å². The highest BCUT2D eigenvalue weighted by molar-refractivity contribution is 5.79. The normalized spacial score (nSPS) is 14.9. The molecule has 0 aromatic rings. The van der Waals surface area contributed by atoms with Gasteiger partial charge in [0.2, 0.25) is 0 Å². The molecule has 3 nitrogen and oxygen atoms in total. The molecule has 0 fully saturated rings. The van der Waals surface area contributed by atoms with Crippen LogP contribution < -0.4 is 0 Å². The van der Waals surface area contributed by atoms with E-state index in [1.165, 1.54) is 6.92 Å². The Kier molecular flexibility index (Phi) is 6.67. The van der Waals surface area contributed by atoms with Gasteiger partial charge < -0.3 is 4.74 Å². The van der Waals surface area contributed by atoms with Crippen molar-refractivity contribution in [3.05, 3.63) is 12.2 Å². The number of ketones is 1. The number of hydrogen-bond acceptors (Lipinski definition) is 3. The Morgan fingerprint density at radius 1 is 1.33 bits per heavy atom. The van der Waals surface area contributed by atoms with Gasteiger partial charge in [0.1, 0.15) is 11.9 Å². The van der Waals surface area contributed by atoms with Crippen molar-refractivity contribution in [2.45, 2.75) is 46.6 Å². The minimum atomic E-state index is -0.271. The maximum Gasteiger partial charge on any atom is 0.302 e. The van der Waals surface area contributed by atoms with Crippen LogP contribution in [-0.4, -0.2) is 17.9 Å². The predicted octanol–water partition coefficient (Wildman–Crippen LogP) is 2.50. The van der Waals surface area contributed by atoms with Gasteiger partial charge in [-0.05, 0) is 6.92 Å². The van der Waals surface area contributed by atoms with E-state index >= 15 is 0 Å². The van der Waals surface area contributed by atoms with E-state index in [2.05, 4.69) is 0 Å². The van der Waals surface area contributed by atoms with Gasteiger partial charge in [0.15, 0.2) is 0 Å². The number of esters is 1. The second-order valence-electron chi connectivity index (χ2n) is 3.70. The molecule has 86 valence electrons. The van der Waals surface area contributed by atoms with Gasteiger partial charge in [-0.15, -0.1) is 0 Å². The summed E-state index contributed by atoms with van der Waals surface area (Å²) >= 11 is 0. The largest absolute Gasteiger partial charge is 0.462 e. The molecule has 2 atom stereocenters. The van der Waals surface area contributed by atoms with E-state index in [9.17, 15) is 9.59 Å². The molecule has 0 aromatic carbocycles. The van der Waals surface area contributed by atoms with E-state index < -0.39 is 0 Å². The van der Waals surface area contributed by atoms with E-state index in [-0.39, 0.29) is 23.8 Å². The fourth-order valence-corrected chi connectivity index (χ4v) is 1.08. The highest BCUT2D eigenvalue weighted by Crippen LogP contribution is 2.09. The Balaban J connectivity index is 3.95. The molecule has 0 aromatic heterocycles. The van der Waals surface area contributed by atoms with E-state index in [4.69, 9.17) is 4.74 Å². The minimum Gasteiger partial charge on any atom is -0.462 e. The first-order valence-corrected chi connectivity index (χ1v) is 5.33. The first kappa shape index (κ1) is 13.9. The van der Waals surface area contributed by atoms with Crippen molar-refractivity contribution >= 4 is 11.8 Å². The van der Waals surface area contributed by atoms with Crippen LogP contribution in [0.5, 0.6) is 0 Å². The molecule has 0 rings (SSSR count). The smallest absolute Gasteiger partial charge is 0.302 e. The number of Topliss-reactive ketones (excluding diaryl/α,β-unsaturated/α-hetero) is 1. The Labute approximate surface area is 91.5 Å². The molecule has 2 unspecified atom stereocenters. The number of rotatable bonds is 6. The lowest BCUT2D eigenvalue weighted by atomic mass is 10.0. The first-order valence-electron chi connectivity index (χ1n) is 5.33. The molecule has 0 heterocycles. The molecule has 15 heavy (non-hydrogen) atoms. The molecule has 0 bridgehead atoms. The zero-order valence-electron chi connectivity index (χ0n) is 9.95. The molecule has 0 N–H and O–H groups in total. The van der Waals surface area contributed by atoms with Crippen molar-refractivity contribution in [1.82, 2.24) is 0 Å². The van der Waals surface area contributed by atoms with E-state index in [1.54, 1.807) is 0 Å². The average Bonchev–Trinajstić information content (AvgIpc) is 2.16. The third-order valence-corrected chi connectivity index (χ3v) is 2.27. The number of ether oxygens (including phenoxy) is 1. The van der Waals surface area contributed by atoms with Crippen LogP contribution in [0.15, 0.2) is 12.2 Å².